The fourth-order valence-electron chi connectivity index (χ4n) is 3.91. The minimum Gasteiger partial charge on any atom is -0.481 e. The average molecular weight is 267 g/mol. The van der Waals surface area contributed by atoms with Gasteiger partial charge in [0.25, 0.3) is 0 Å². The van der Waals surface area contributed by atoms with Gasteiger partial charge in [0.1, 0.15) is 0 Å². The number of aliphatic carboxylic acids is 1. The van der Waals surface area contributed by atoms with Gasteiger partial charge < -0.3 is 5.11 Å². The fraction of sp³-hybridized carbons (Fsp3) is 0.938. The molecule has 2 aliphatic rings. The van der Waals surface area contributed by atoms with Crippen molar-refractivity contribution in [3.8, 4) is 0 Å². The molecule has 1 saturated carbocycles. The molecule has 0 amide bonds. The van der Waals surface area contributed by atoms with Crippen molar-refractivity contribution >= 4 is 5.97 Å². The molecule has 0 aromatic heterocycles. The Kier molecular flexibility index (Phi) is 5.26. The quantitative estimate of drug-likeness (QED) is 0.849. The number of piperidine rings is 1. The molecular weight excluding hydrogens is 238 g/mol. The molecule has 2 rings (SSSR count). The molecule has 0 aromatic rings. The Hall–Kier alpha value is -0.570. The van der Waals surface area contributed by atoms with Crippen LogP contribution < -0.4 is 0 Å². The monoisotopic (exact) mass is 267 g/mol. The van der Waals surface area contributed by atoms with Crippen LogP contribution in [-0.2, 0) is 4.79 Å². The molecule has 2 fully saturated rings. The van der Waals surface area contributed by atoms with Crippen molar-refractivity contribution in [3.05, 3.63) is 0 Å². The lowest BCUT2D eigenvalue weighted by atomic mass is 9.78. The zero-order valence-electron chi connectivity index (χ0n) is 12.5. The molecule has 19 heavy (non-hydrogen) atoms. The second-order valence-electron chi connectivity index (χ2n) is 6.92. The van der Waals surface area contributed by atoms with E-state index >= 15 is 0 Å². The smallest absolute Gasteiger partial charge is 0.307 e. The number of carbonyl (C=O) groups is 1. The number of rotatable bonds is 4. The number of hydrogen-bond donors (Lipinski definition) is 1. The van der Waals surface area contributed by atoms with Crippen LogP contribution in [0.3, 0.4) is 0 Å². The van der Waals surface area contributed by atoms with E-state index in [0.717, 1.165) is 25.4 Å². The average Bonchev–Trinajstić information content (AvgIpc) is 2.39. The highest BCUT2D eigenvalue weighted by Gasteiger charge is 2.33. The molecule has 1 heterocycles. The molecule has 2 atom stereocenters. The van der Waals surface area contributed by atoms with E-state index in [4.69, 9.17) is 0 Å². The molecule has 0 aromatic carbocycles. The van der Waals surface area contributed by atoms with Crippen molar-refractivity contribution in [1.29, 1.82) is 0 Å². The third kappa shape index (κ3) is 4.20. The molecule has 1 N–H and O–H groups in total. The maximum Gasteiger partial charge on any atom is 0.307 e. The zero-order valence-corrected chi connectivity index (χ0v) is 12.5. The molecule has 110 valence electrons. The van der Waals surface area contributed by atoms with Gasteiger partial charge in [0.05, 0.1) is 5.92 Å². The Morgan fingerprint density at radius 1 is 1.16 bits per heavy atom. The van der Waals surface area contributed by atoms with Crippen molar-refractivity contribution in [2.45, 2.75) is 64.8 Å². The molecule has 1 aliphatic carbocycles. The van der Waals surface area contributed by atoms with Crippen LogP contribution in [0.25, 0.3) is 0 Å². The minimum absolute atomic E-state index is 0.148. The SMILES string of the molecule is CC(C)N1CC(CC2CCCCC2)CC(C(=O)O)C1. The Balaban J connectivity index is 1.92. The van der Waals surface area contributed by atoms with Gasteiger partial charge in [-0.15, -0.1) is 0 Å². The largest absolute Gasteiger partial charge is 0.481 e. The second-order valence-corrected chi connectivity index (χ2v) is 6.92. The molecule has 0 bridgehead atoms. The van der Waals surface area contributed by atoms with Crippen molar-refractivity contribution in [2.24, 2.45) is 17.8 Å². The summed E-state index contributed by atoms with van der Waals surface area (Å²) in [6.07, 6.45) is 9.06. The molecule has 2 unspecified atom stereocenters. The van der Waals surface area contributed by atoms with Crippen molar-refractivity contribution in [1.82, 2.24) is 4.90 Å². The van der Waals surface area contributed by atoms with Gasteiger partial charge in [0.2, 0.25) is 0 Å². The fourth-order valence-corrected chi connectivity index (χ4v) is 3.91. The van der Waals surface area contributed by atoms with Gasteiger partial charge in [-0.1, -0.05) is 32.1 Å². The lowest BCUT2D eigenvalue weighted by molar-refractivity contribution is -0.144. The minimum atomic E-state index is -0.598. The maximum absolute atomic E-state index is 11.3. The highest BCUT2D eigenvalue weighted by atomic mass is 16.4. The normalized spacial score (nSPS) is 30.7. The van der Waals surface area contributed by atoms with E-state index in [-0.39, 0.29) is 5.92 Å². The van der Waals surface area contributed by atoms with E-state index in [1.54, 1.807) is 0 Å². The summed E-state index contributed by atoms with van der Waals surface area (Å²) < 4.78 is 0. The van der Waals surface area contributed by atoms with E-state index in [2.05, 4.69) is 18.7 Å². The predicted molar refractivity (Wildman–Crippen MR) is 77.1 cm³/mol. The van der Waals surface area contributed by atoms with Crippen molar-refractivity contribution in [2.75, 3.05) is 13.1 Å². The molecule has 1 aliphatic heterocycles. The van der Waals surface area contributed by atoms with Crippen LogP contribution >= 0.6 is 0 Å². The highest BCUT2D eigenvalue weighted by Crippen LogP contribution is 2.34. The van der Waals surface area contributed by atoms with Gasteiger partial charge in [-0.3, -0.25) is 9.69 Å². The van der Waals surface area contributed by atoms with Crippen molar-refractivity contribution in [3.63, 3.8) is 0 Å². The summed E-state index contributed by atoms with van der Waals surface area (Å²) in [6, 6.07) is 0.469. The van der Waals surface area contributed by atoms with Gasteiger partial charge in [-0.05, 0) is 38.5 Å². The van der Waals surface area contributed by atoms with Gasteiger partial charge in [0, 0.05) is 19.1 Å². The maximum atomic E-state index is 11.3. The molecule has 3 nitrogen and oxygen atoms in total. The van der Waals surface area contributed by atoms with Crippen LogP contribution in [0.4, 0.5) is 0 Å². The van der Waals surface area contributed by atoms with E-state index in [1.807, 2.05) is 0 Å². The van der Waals surface area contributed by atoms with E-state index in [1.165, 1.54) is 38.5 Å². The van der Waals surface area contributed by atoms with Crippen LogP contribution in [0.1, 0.15) is 58.8 Å². The highest BCUT2D eigenvalue weighted by molar-refractivity contribution is 5.70. The number of nitrogens with zero attached hydrogens (tertiary/aromatic N) is 1. The first kappa shape index (κ1) is 14.8. The first-order valence-corrected chi connectivity index (χ1v) is 8.03. The van der Waals surface area contributed by atoms with E-state index in [9.17, 15) is 9.90 Å². The Morgan fingerprint density at radius 2 is 1.84 bits per heavy atom. The Bertz CT molecular complexity index is 297. The van der Waals surface area contributed by atoms with Crippen LogP contribution in [0.2, 0.25) is 0 Å². The third-order valence-electron chi connectivity index (χ3n) is 5.04. The van der Waals surface area contributed by atoms with Gasteiger partial charge in [-0.25, -0.2) is 0 Å². The number of carboxylic acid groups (broad SMARTS) is 1. The van der Waals surface area contributed by atoms with E-state index in [0.29, 0.717) is 12.0 Å². The van der Waals surface area contributed by atoms with Gasteiger partial charge >= 0.3 is 5.97 Å². The summed E-state index contributed by atoms with van der Waals surface area (Å²) in [4.78, 5) is 13.7. The van der Waals surface area contributed by atoms with Crippen LogP contribution in [0.5, 0.6) is 0 Å². The van der Waals surface area contributed by atoms with Crippen LogP contribution in [0.15, 0.2) is 0 Å². The molecule has 1 saturated heterocycles. The standard InChI is InChI=1S/C16H29NO2/c1-12(2)17-10-14(9-15(11-17)16(18)19)8-13-6-4-3-5-7-13/h12-15H,3-11H2,1-2H3,(H,18,19). The number of carboxylic acids is 1. The summed E-state index contributed by atoms with van der Waals surface area (Å²) in [7, 11) is 0. The summed E-state index contributed by atoms with van der Waals surface area (Å²) in [5.41, 5.74) is 0. The van der Waals surface area contributed by atoms with Crippen molar-refractivity contribution < 1.29 is 9.90 Å². The second kappa shape index (κ2) is 6.74. The zero-order chi connectivity index (χ0) is 13.8. The molecule has 3 heteroatoms. The summed E-state index contributed by atoms with van der Waals surface area (Å²) >= 11 is 0. The summed E-state index contributed by atoms with van der Waals surface area (Å²) in [6.45, 7) is 6.22. The molecular formula is C16H29NO2. The summed E-state index contributed by atoms with van der Waals surface area (Å²) in [5, 5.41) is 9.33. The molecule has 0 spiro atoms. The Morgan fingerprint density at radius 3 is 2.42 bits per heavy atom. The van der Waals surface area contributed by atoms with Gasteiger partial charge in [-0.2, -0.15) is 0 Å². The van der Waals surface area contributed by atoms with E-state index < -0.39 is 5.97 Å². The number of likely N-dealkylation sites (tertiary alicyclic amines) is 1. The first-order chi connectivity index (χ1) is 9.06. The lowest BCUT2D eigenvalue weighted by Crippen LogP contribution is -2.46. The first-order valence-electron chi connectivity index (χ1n) is 8.03. The number of hydrogen-bond acceptors (Lipinski definition) is 2. The lowest BCUT2D eigenvalue weighted by Gasteiger charge is -2.40. The van der Waals surface area contributed by atoms with Crippen LogP contribution in [0, 0.1) is 17.8 Å². The Labute approximate surface area is 117 Å². The topological polar surface area (TPSA) is 40.5 Å². The third-order valence-corrected chi connectivity index (χ3v) is 5.04. The van der Waals surface area contributed by atoms with Gasteiger partial charge in [0.15, 0.2) is 0 Å². The molecule has 0 radical (unpaired) electrons. The summed E-state index contributed by atoms with van der Waals surface area (Å²) in [5.74, 6) is 0.712. The van der Waals surface area contributed by atoms with Crippen LogP contribution in [-0.4, -0.2) is 35.1 Å². The predicted octanol–water partition coefficient (Wildman–Crippen LogP) is 3.39.